The third-order valence-corrected chi connectivity index (χ3v) is 3.46. The second-order valence-electron chi connectivity index (χ2n) is 5.78. The van der Waals surface area contributed by atoms with Gasteiger partial charge in [0.15, 0.2) is 6.10 Å². The molecule has 2 aliphatic heterocycles. The molecule has 0 aromatic carbocycles. The van der Waals surface area contributed by atoms with Gasteiger partial charge in [-0.1, -0.05) is 0 Å². The summed E-state index contributed by atoms with van der Waals surface area (Å²) >= 11 is 0. The highest BCUT2D eigenvalue weighted by molar-refractivity contribution is 5.71. The van der Waals surface area contributed by atoms with Crippen LogP contribution in [0.1, 0.15) is 26.7 Å². The maximum absolute atomic E-state index is 11.0. The van der Waals surface area contributed by atoms with Crippen LogP contribution in [-0.4, -0.2) is 69.6 Å². The molecule has 2 heterocycles. The molecule has 8 nitrogen and oxygen atoms in total. The van der Waals surface area contributed by atoms with E-state index in [0.29, 0.717) is 32.7 Å². The Labute approximate surface area is 135 Å². The van der Waals surface area contributed by atoms with Gasteiger partial charge in [0.25, 0.3) is 0 Å². The third-order valence-electron chi connectivity index (χ3n) is 3.46. The summed E-state index contributed by atoms with van der Waals surface area (Å²) in [5, 5.41) is 0. The van der Waals surface area contributed by atoms with Crippen molar-refractivity contribution in [2.24, 2.45) is 0 Å². The number of cyclic esters (lactones) is 3. The molecule has 0 aliphatic carbocycles. The first-order valence-electron chi connectivity index (χ1n) is 7.86. The maximum Gasteiger partial charge on any atom is 0.508 e. The van der Waals surface area contributed by atoms with Gasteiger partial charge in [-0.05, 0) is 20.3 Å². The minimum atomic E-state index is -0.652. The normalized spacial score (nSPS) is 26.5. The third kappa shape index (κ3) is 6.72. The Hall–Kier alpha value is -1.38. The summed E-state index contributed by atoms with van der Waals surface area (Å²) in [5.74, 6) is -0.160. The van der Waals surface area contributed by atoms with Crippen molar-refractivity contribution < 1.29 is 38.0 Å². The quantitative estimate of drug-likeness (QED) is 0.549. The van der Waals surface area contributed by atoms with Gasteiger partial charge in [-0.3, -0.25) is 4.79 Å². The van der Waals surface area contributed by atoms with Crippen LogP contribution >= 0.6 is 0 Å². The first-order valence-corrected chi connectivity index (χ1v) is 7.86. The zero-order chi connectivity index (χ0) is 16.7. The second kappa shape index (κ2) is 9.05. The van der Waals surface area contributed by atoms with Crippen LogP contribution in [0.4, 0.5) is 4.79 Å². The fraction of sp³-hybridized carbons (Fsp3) is 0.867. The zero-order valence-electron chi connectivity index (χ0n) is 13.5. The van der Waals surface area contributed by atoms with Crippen molar-refractivity contribution in [2.75, 3.05) is 33.0 Å². The van der Waals surface area contributed by atoms with Crippen LogP contribution in [-0.2, 0) is 33.2 Å². The first-order chi connectivity index (χ1) is 11.0. The molecule has 0 aromatic rings. The standard InChI is InChI=1S/C15H24O8/c1-10(5-18-7-12-3-4-14(16)22-12)19-6-11(2)20-8-13-9-21-15(17)23-13/h10-13H,3-9H2,1-2H3. The predicted octanol–water partition coefficient (Wildman–Crippen LogP) is 1.05. The average molecular weight is 332 g/mol. The summed E-state index contributed by atoms with van der Waals surface area (Å²) in [7, 11) is 0. The molecule has 0 spiro atoms. The Morgan fingerprint density at radius 3 is 2.48 bits per heavy atom. The van der Waals surface area contributed by atoms with E-state index in [1.165, 1.54) is 0 Å². The number of hydrogen-bond acceptors (Lipinski definition) is 8. The van der Waals surface area contributed by atoms with Crippen LogP contribution in [0.3, 0.4) is 0 Å². The molecule has 0 amide bonds. The topological polar surface area (TPSA) is 89.5 Å². The van der Waals surface area contributed by atoms with Crippen LogP contribution in [0.25, 0.3) is 0 Å². The van der Waals surface area contributed by atoms with E-state index < -0.39 is 6.16 Å². The lowest BCUT2D eigenvalue weighted by Gasteiger charge is -2.19. The van der Waals surface area contributed by atoms with Gasteiger partial charge in [0.1, 0.15) is 12.7 Å². The summed E-state index contributed by atoms with van der Waals surface area (Å²) in [6.45, 7) is 5.53. The first kappa shape index (κ1) is 18.0. The molecule has 2 saturated heterocycles. The molecular weight excluding hydrogens is 308 g/mol. The van der Waals surface area contributed by atoms with Crippen LogP contribution in [0, 0.1) is 0 Å². The van der Waals surface area contributed by atoms with Crippen molar-refractivity contribution in [3.63, 3.8) is 0 Å². The molecule has 4 atom stereocenters. The number of carbonyl (C=O) groups excluding carboxylic acids is 2. The van der Waals surface area contributed by atoms with Gasteiger partial charge in [0.2, 0.25) is 0 Å². The Kier molecular flexibility index (Phi) is 7.07. The van der Waals surface area contributed by atoms with Crippen molar-refractivity contribution in [1.29, 1.82) is 0 Å². The summed E-state index contributed by atoms with van der Waals surface area (Å²) < 4.78 is 31.3. The van der Waals surface area contributed by atoms with Crippen molar-refractivity contribution in [1.82, 2.24) is 0 Å². The molecular formula is C15H24O8. The predicted molar refractivity (Wildman–Crippen MR) is 77.0 cm³/mol. The number of ether oxygens (including phenoxy) is 6. The van der Waals surface area contributed by atoms with E-state index in [0.717, 1.165) is 0 Å². The van der Waals surface area contributed by atoms with Gasteiger partial charge in [0, 0.05) is 6.42 Å². The molecule has 0 saturated carbocycles. The smallest absolute Gasteiger partial charge is 0.460 e. The second-order valence-corrected chi connectivity index (χ2v) is 5.78. The van der Waals surface area contributed by atoms with Gasteiger partial charge in [0.05, 0.1) is 38.6 Å². The Bertz CT molecular complexity index is 399. The van der Waals surface area contributed by atoms with Crippen LogP contribution in [0.5, 0.6) is 0 Å². The van der Waals surface area contributed by atoms with E-state index in [1.54, 1.807) is 0 Å². The van der Waals surface area contributed by atoms with E-state index in [4.69, 9.17) is 23.7 Å². The van der Waals surface area contributed by atoms with Crippen LogP contribution in [0.2, 0.25) is 0 Å². The lowest BCUT2D eigenvalue weighted by atomic mass is 10.2. The van der Waals surface area contributed by atoms with Gasteiger partial charge in [-0.25, -0.2) is 4.79 Å². The highest BCUT2D eigenvalue weighted by Gasteiger charge is 2.26. The number of esters is 1. The van der Waals surface area contributed by atoms with Crippen molar-refractivity contribution >= 4 is 12.1 Å². The molecule has 0 radical (unpaired) electrons. The van der Waals surface area contributed by atoms with Crippen LogP contribution < -0.4 is 0 Å². The molecule has 8 heteroatoms. The lowest BCUT2D eigenvalue weighted by Crippen LogP contribution is -2.28. The number of hydrogen-bond donors (Lipinski definition) is 0. The van der Waals surface area contributed by atoms with Gasteiger partial charge in [-0.2, -0.15) is 0 Å². The Morgan fingerprint density at radius 1 is 1.04 bits per heavy atom. The average Bonchev–Trinajstić information content (AvgIpc) is 3.11. The van der Waals surface area contributed by atoms with Crippen LogP contribution in [0.15, 0.2) is 0 Å². The molecule has 23 heavy (non-hydrogen) atoms. The summed E-state index contributed by atoms with van der Waals surface area (Å²) in [6, 6.07) is 0. The minimum absolute atomic E-state index is 0.0919. The lowest BCUT2D eigenvalue weighted by molar-refractivity contribution is -0.144. The fourth-order valence-electron chi connectivity index (χ4n) is 2.18. The molecule has 2 fully saturated rings. The summed E-state index contributed by atoms with van der Waals surface area (Å²) in [6.07, 6.45) is -0.169. The molecule has 0 aromatic heterocycles. The molecule has 2 aliphatic rings. The Morgan fingerprint density at radius 2 is 1.83 bits per heavy atom. The van der Waals surface area contributed by atoms with Crippen molar-refractivity contribution in [3.05, 3.63) is 0 Å². The van der Waals surface area contributed by atoms with Gasteiger partial charge < -0.3 is 28.4 Å². The molecule has 0 N–H and O–H groups in total. The maximum atomic E-state index is 11.0. The van der Waals surface area contributed by atoms with Crippen molar-refractivity contribution in [3.8, 4) is 0 Å². The SMILES string of the molecule is CC(COCC1CCC(=O)O1)OCC(C)OCC1COC(=O)O1. The Balaban J connectivity index is 1.47. The zero-order valence-corrected chi connectivity index (χ0v) is 13.5. The monoisotopic (exact) mass is 332 g/mol. The van der Waals surface area contributed by atoms with E-state index in [1.807, 2.05) is 13.8 Å². The fourth-order valence-corrected chi connectivity index (χ4v) is 2.18. The molecule has 4 unspecified atom stereocenters. The highest BCUT2D eigenvalue weighted by Crippen LogP contribution is 2.14. The minimum Gasteiger partial charge on any atom is -0.460 e. The molecule has 2 rings (SSSR count). The van der Waals surface area contributed by atoms with Gasteiger partial charge >= 0.3 is 12.1 Å². The summed E-state index contributed by atoms with van der Waals surface area (Å²) in [5.41, 5.74) is 0. The highest BCUT2D eigenvalue weighted by atomic mass is 16.8. The summed E-state index contributed by atoms with van der Waals surface area (Å²) in [4.78, 5) is 21.7. The van der Waals surface area contributed by atoms with E-state index >= 15 is 0 Å². The van der Waals surface area contributed by atoms with E-state index in [2.05, 4.69) is 4.74 Å². The number of rotatable bonds is 10. The van der Waals surface area contributed by atoms with Crippen molar-refractivity contribution in [2.45, 2.75) is 51.1 Å². The van der Waals surface area contributed by atoms with E-state index in [9.17, 15) is 9.59 Å². The number of carbonyl (C=O) groups is 2. The largest absolute Gasteiger partial charge is 0.508 e. The van der Waals surface area contributed by atoms with E-state index in [-0.39, 0.29) is 43.6 Å². The molecule has 0 bridgehead atoms. The van der Waals surface area contributed by atoms with Gasteiger partial charge in [-0.15, -0.1) is 0 Å². The molecule has 132 valence electrons.